The number of aromatic nitrogens is 2. The van der Waals surface area contributed by atoms with E-state index in [0.29, 0.717) is 11.6 Å². The van der Waals surface area contributed by atoms with Gasteiger partial charge in [0.1, 0.15) is 6.42 Å². The minimum Gasteiger partial charge on any atom is -0.481 e. The third-order valence-corrected chi connectivity index (χ3v) is 4.03. The standard InChI is InChI=1S/C11H9BrN2O3S/c12-7-3-1-2-4-8(7)18-6-9-13-10(17-14-9)5-11(15)16/h1-4H,5-6H2,(H,15,16). The number of hydrogen-bond donors (Lipinski definition) is 1. The molecular formula is C11H9BrN2O3S. The van der Waals surface area contributed by atoms with E-state index in [1.165, 1.54) is 0 Å². The number of halogens is 1. The summed E-state index contributed by atoms with van der Waals surface area (Å²) in [6.45, 7) is 0. The highest BCUT2D eigenvalue weighted by Crippen LogP contribution is 2.28. The fourth-order valence-electron chi connectivity index (χ4n) is 1.25. The third kappa shape index (κ3) is 3.58. The highest BCUT2D eigenvalue weighted by atomic mass is 79.9. The Morgan fingerprint density at radius 3 is 2.94 bits per heavy atom. The molecule has 0 amide bonds. The Morgan fingerprint density at radius 1 is 1.44 bits per heavy atom. The molecule has 7 heteroatoms. The summed E-state index contributed by atoms with van der Waals surface area (Å²) in [7, 11) is 0. The molecule has 0 aliphatic carbocycles. The number of hydrogen-bond acceptors (Lipinski definition) is 5. The van der Waals surface area contributed by atoms with Crippen molar-refractivity contribution in [3.63, 3.8) is 0 Å². The number of nitrogens with zero attached hydrogens (tertiary/aromatic N) is 2. The van der Waals surface area contributed by atoms with Crippen LogP contribution in [0.3, 0.4) is 0 Å². The average Bonchev–Trinajstić information content (AvgIpc) is 2.75. The van der Waals surface area contributed by atoms with Gasteiger partial charge in [-0.15, -0.1) is 11.8 Å². The lowest BCUT2D eigenvalue weighted by molar-refractivity contribution is -0.136. The Labute approximate surface area is 116 Å². The summed E-state index contributed by atoms with van der Waals surface area (Å²) >= 11 is 5.00. The molecular weight excluding hydrogens is 320 g/mol. The molecule has 1 aromatic carbocycles. The van der Waals surface area contributed by atoms with Crippen LogP contribution in [0.4, 0.5) is 0 Å². The molecule has 1 heterocycles. The summed E-state index contributed by atoms with van der Waals surface area (Å²) in [5.74, 6) is 0.173. The summed E-state index contributed by atoms with van der Waals surface area (Å²) in [4.78, 5) is 15.5. The molecule has 0 radical (unpaired) electrons. The van der Waals surface area contributed by atoms with E-state index in [0.717, 1.165) is 9.37 Å². The number of carboxylic acids is 1. The van der Waals surface area contributed by atoms with Crippen molar-refractivity contribution in [3.8, 4) is 0 Å². The van der Waals surface area contributed by atoms with Crippen LogP contribution in [0.15, 0.2) is 38.2 Å². The second kappa shape index (κ2) is 6.01. The zero-order valence-electron chi connectivity index (χ0n) is 9.17. The van der Waals surface area contributed by atoms with Crippen LogP contribution in [-0.2, 0) is 17.0 Å². The highest BCUT2D eigenvalue weighted by Gasteiger charge is 2.10. The van der Waals surface area contributed by atoms with Crippen LogP contribution >= 0.6 is 27.7 Å². The van der Waals surface area contributed by atoms with Crippen LogP contribution in [0.2, 0.25) is 0 Å². The smallest absolute Gasteiger partial charge is 0.312 e. The van der Waals surface area contributed by atoms with Gasteiger partial charge in [-0.1, -0.05) is 17.3 Å². The number of aliphatic carboxylic acids is 1. The van der Waals surface area contributed by atoms with Crippen molar-refractivity contribution >= 4 is 33.7 Å². The number of carbonyl (C=O) groups is 1. The molecule has 94 valence electrons. The second-order valence-electron chi connectivity index (χ2n) is 3.39. The van der Waals surface area contributed by atoms with E-state index in [9.17, 15) is 4.79 Å². The summed E-state index contributed by atoms with van der Waals surface area (Å²) in [6, 6.07) is 7.81. The Kier molecular flexibility index (Phi) is 4.38. The normalized spacial score (nSPS) is 10.5. The molecule has 2 rings (SSSR count). The maximum atomic E-state index is 10.5. The maximum absolute atomic E-state index is 10.5. The Morgan fingerprint density at radius 2 is 2.22 bits per heavy atom. The summed E-state index contributed by atoms with van der Waals surface area (Å²) in [5.41, 5.74) is 0. The molecule has 0 unspecified atom stereocenters. The van der Waals surface area contributed by atoms with Gasteiger partial charge in [-0.3, -0.25) is 4.79 Å². The lowest BCUT2D eigenvalue weighted by Crippen LogP contribution is -2.00. The first-order valence-electron chi connectivity index (χ1n) is 5.06. The monoisotopic (exact) mass is 328 g/mol. The van der Waals surface area contributed by atoms with Crippen LogP contribution in [0.5, 0.6) is 0 Å². The molecule has 0 saturated heterocycles. The van der Waals surface area contributed by atoms with E-state index in [2.05, 4.69) is 26.1 Å². The van der Waals surface area contributed by atoms with E-state index >= 15 is 0 Å². The minimum atomic E-state index is -0.983. The van der Waals surface area contributed by atoms with Crippen LogP contribution in [0.1, 0.15) is 11.7 Å². The summed E-state index contributed by atoms with van der Waals surface area (Å²) < 4.78 is 5.83. The first-order valence-corrected chi connectivity index (χ1v) is 6.83. The van der Waals surface area contributed by atoms with Crippen LogP contribution < -0.4 is 0 Å². The number of benzene rings is 1. The van der Waals surface area contributed by atoms with Gasteiger partial charge in [0.25, 0.3) is 0 Å². The van der Waals surface area contributed by atoms with Crippen molar-refractivity contribution in [2.45, 2.75) is 17.1 Å². The van der Waals surface area contributed by atoms with Gasteiger partial charge in [0, 0.05) is 9.37 Å². The fourth-order valence-corrected chi connectivity index (χ4v) is 2.66. The molecule has 1 aromatic heterocycles. The van der Waals surface area contributed by atoms with Crippen molar-refractivity contribution in [2.75, 3.05) is 0 Å². The van der Waals surface area contributed by atoms with Gasteiger partial charge in [-0.05, 0) is 28.1 Å². The van der Waals surface area contributed by atoms with E-state index in [1.54, 1.807) is 11.8 Å². The van der Waals surface area contributed by atoms with Gasteiger partial charge in [0.05, 0.1) is 5.75 Å². The van der Waals surface area contributed by atoms with Gasteiger partial charge in [0.2, 0.25) is 5.89 Å². The SMILES string of the molecule is O=C(O)Cc1nc(CSc2ccccc2Br)no1. The molecule has 0 bridgehead atoms. The largest absolute Gasteiger partial charge is 0.481 e. The third-order valence-electron chi connectivity index (χ3n) is 2.01. The highest BCUT2D eigenvalue weighted by molar-refractivity contribution is 9.10. The lowest BCUT2D eigenvalue weighted by atomic mass is 10.4. The van der Waals surface area contributed by atoms with E-state index in [4.69, 9.17) is 9.63 Å². The Bertz CT molecular complexity index is 559. The predicted octanol–water partition coefficient (Wildman–Crippen LogP) is 2.75. The molecule has 0 aliphatic heterocycles. The zero-order valence-corrected chi connectivity index (χ0v) is 11.6. The molecule has 0 saturated carbocycles. The maximum Gasteiger partial charge on any atom is 0.312 e. The van der Waals surface area contributed by atoms with Gasteiger partial charge in [-0.2, -0.15) is 4.98 Å². The second-order valence-corrected chi connectivity index (χ2v) is 5.27. The number of thioether (sulfide) groups is 1. The van der Waals surface area contributed by atoms with Crippen LogP contribution in [0, 0.1) is 0 Å². The molecule has 0 atom stereocenters. The quantitative estimate of drug-likeness (QED) is 0.850. The first kappa shape index (κ1) is 13.1. The predicted molar refractivity (Wildman–Crippen MR) is 69.3 cm³/mol. The molecule has 18 heavy (non-hydrogen) atoms. The Balaban J connectivity index is 1.96. The van der Waals surface area contributed by atoms with E-state index in [-0.39, 0.29) is 12.3 Å². The van der Waals surface area contributed by atoms with Gasteiger partial charge in [-0.25, -0.2) is 0 Å². The van der Waals surface area contributed by atoms with Crippen LogP contribution in [-0.4, -0.2) is 21.2 Å². The van der Waals surface area contributed by atoms with Gasteiger partial charge >= 0.3 is 5.97 Å². The molecule has 0 spiro atoms. The average molecular weight is 329 g/mol. The van der Waals surface area contributed by atoms with Crippen molar-refractivity contribution in [1.29, 1.82) is 0 Å². The fraction of sp³-hybridized carbons (Fsp3) is 0.182. The first-order chi connectivity index (χ1) is 8.65. The van der Waals surface area contributed by atoms with Crippen molar-refractivity contribution < 1.29 is 14.4 Å². The molecule has 0 fully saturated rings. The molecule has 5 nitrogen and oxygen atoms in total. The van der Waals surface area contributed by atoms with Crippen molar-refractivity contribution in [2.24, 2.45) is 0 Å². The lowest BCUT2D eigenvalue weighted by Gasteiger charge is -2.00. The summed E-state index contributed by atoms with van der Waals surface area (Å²) in [5, 5.41) is 12.3. The number of rotatable bonds is 5. The number of carboxylic acid groups (broad SMARTS) is 1. The minimum absolute atomic E-state index is 0.130. The Hall–Kier alpha value is -1.34. The van der Waals surface area contributed by atoms with Crippen molar-refractivity contribution in [1.82, 2.24) is 10.1 Å². The topological polar surface area (TPSA) is 76.2 Å². The van der Waals surface area contributed by atoms with Crippen molar-refractivity contribution in [3.05, 3.63) is 40.5 Å². The molecule has 2 aromatic rings. The summed E-state index contributed by atoms with van der Waals surface area (Å²) in [6.07, 6.45) is -0.243. The van der Waals surface area contributed by atoms with Gasteiger partial charge < -0.3 is 9.63 Å². The molecule has 1 N–H and O–H groups in total. The molecule has 0 aliphatic rings. The van der Waals surface area contributed by atoms with E-state index < -0.39 is 5.97 Å². The van der Waals surface area contributed by atoms with Crippen LogP contribution in [0.25, 0.3) is 0 Å². The zero-order chi connectivity index (χ0) is 13.0. The van der Waals surface area contributed by atoms with E-state index in [1.807, 2.05) is 24.3 Å². The van der Waals surface area contributed by atoms with Gasteiger partial charge in [0.15, 0.2) is 5.82 Å².